The molecule has 7 heteroatoms. The number of tetrazole rings is 1. The lowest BCUT2D eigenvalue weighted by Crippen LogP contribution is -2.44. The zero-order chi connectivity index (χ0) is 18.0. The number of hydrogen-bond acceptors (Lipinski definition) is 6. The molecule has 0 amide bonds. The smallest absolute Gasteiger partial charge is 0.175 e. The number of Topliss-reactive ketones (excluding diaryl/α,β-unsaturated/α-hetero) is 3. The summed E-state index contributed by atoms with van der Waals surface area (Å²) in [7, 11) is 0. The minimum Gasteiger partial charge on any atom is -0.298 e. The van der Waals surface area contributed by atoms with Crippen molar-refractivity contribution in [3.8, 4) is 0 Å². The van der Waals surface area contributed by atoms with Crippen LogP contribution < -0.4 is 0 Å². The summed E-state index contributed by atoms with van der Waals surface area (Å²) in [6, 6.07) is 8.62. The average Bonchev–Trinajstić information content (AvgIpc) is 3.05. The maximum absolute atomic E-state index is 13.1. The third-order valence-electron chi connectivity index (χ3n) is 4.52. The van der Waals surface area contributed by atoms with Crippen LogP contribution in [0.15, 0.2) is 36.7 Å². The first-order chi connectivity index (χ1) is 11.9. The van der Waals surface area contributed by atoms with E-state index in [1.165, 1.54) is 11.0 Å². The fourth-order valence-electron chi connectivity index (χ4n) is 3.37. The molecule has 0 spiro atoms. The minimum absolute atomic E-state index is 0.225. The van der Waals surface area contributed by atoms with Crippen LogP contribution in [0, 0.1) is 11.3 Å². The lowest BCUT2D eigenvalue weighted by molar-refractivity contribution is -0.146. The molecule has 0 bridgehead atoms. The van der Waals surface area contributed by atoms with Gasteiger partial charge in [-0.05, 0) is 21.4 Å². The van der Waals surface area contributed by atoms with Crippen LogP contribution in [0.1, 0.15) is 38.3 Å². The highest BCUT2D eigenvalue weighted by atomic mass is 16.2. The van der Waals surface area contributed by atoms with Crippen LogP contribution in [0.4, 0.5) is 0 Å². The zero-order valence-electron chi connectivity index (χ0n) is 14.3. The highest BCUT2D eigenvalue weighted by Gasteiger charge is 2.45. The minimum atomic E-state index is -1.22. The number of hydrogen-bond donors (Lipinski definition) is 0. The number of carbonyl (C=O) groups is 3. The van der Waals surface area contributed by atoms with E-state index >= 15 is 0 Å². The van der Waals surface area contributed by atoms with Gasteiger partial charge < -0.3 is 0 Å². The third-order valence-corrected chi connectivity index (χ3v) is 4.52. The Kier molecular flexibility index (Phi) is 4.57. The van der Waals surface area contributed by atoms with Gasteiger partial charge >= 0.3 is 0 Å². The van der Waals surface area contributed by atoms with E-state index in [4.69, 9.17) is 0 Å². The standard InChI is InChI=1S/C18H20N4O3/c1-18(2)9-14(23)16(15(24)10-18)17(25)13(22-11-19-20-21-22)8-12-6-4-3-5-7-12/h3-7,11,13,16H,8-10H2,1-2H3. The Hall–Kier alpha value is -2.70. The van der Waals surface area contributed by atoms with Gasteiger partial charge in [-0.25, -0.2) is 4.68 Å². The molecule has 1 unspecified atom stereocenters. The molecule has 7 nitrogen and oxygen atoms in total. The summed E-state index contributed by atoms with van der Waals surface area (Å²) in [6.07, 6.45) is 2.12. The monoisotopic (exact) mass is 340 g/mol. The molecule has 3 rings (SSSR count). The Morgan fingerprint density at radius 1 is 1.20 bits per heavy atom. The first-order valence-corrected chi connectivity index (χ1v) is 8.23. The predicted octanol–water partition coefficient (Wildman–Crippen LogP) is 1.60. The number of benzene rings is 1. The van der Waals surface area contributed by atoms with Crippen LogP contribution in [0.2, 0.25) is 0 Å². The van der Waals surface area contributed by atoms with E-state index in [1.807, 2.05) is 44.2 Å². The Morgan fingerprint density at radius 2 is 1.84 bits per heavy atom. The quantitative estimate of drug-likeness (QED) is 0.767. The van der Waals surface area contributed by atoms with E-state index in [0.29, 0.717) is 6.42 Å². The van der Waals surface area contributed by atoms with Gasteiger partial charge in [-0.2, -0.15) is 0 Å². The summed E-state index contributed by atoms with van der Waals surface area (Å²) in [6.45, 7) is 3.73. The van der Waals surface area contributed by atoms with E-state index < -0.39 is 23.2 Å². The van der Waals surface area contributed by atoms with Crippen LogP contribution in [-0.2, 0) is 20.8 Å². The number of rotatable bonds is 5. The topological polar surface area (TPSA) is 94.8 Å². The van der Waals surface area contributed by atoms with Gasteiger partial charge in [0.1, 0.15) is 18.3 Å². The molecule has 1 heterocycles. The van der Waals surface area contributed by atoms with Crippen LogP contribution in [0.3, 0.4) is 0 Å². The molecule has 25 heavy (non-hydrogen) atoms. The second-order valence-electron chi connectivity index (χ2n) is 7.28. The van der Waals surface area contributed by atoms with Crippen molar-refractivity contribution in [3.63, 3.8) is 0 Å². The largest absolute Gasteiger partial charge is 0.298 e. The summed E-state index contributed by atoms with van der Waals surface area (Å²) in [4.78, 5) is 38.0. The SMILES string of the molecule is CC1(C)CC(=O)C(C(=O)C(Cc2ccccc2)n2cnnn2)C(=O)C1. The molecule has 130 valence electrons. The normalized spacial score (nSPS) is 19.0. The van der Waals surface area contributed by atoms with Gasteiger partial charge in [0.2, 0.25) is 0 Å². The van der Waals surface area contributed by atoms with Gasteiger partial charge in [0.05, 0.1) is 0 Å². The molecule has 1 aromatic carbocycles. The van der Waals surface area contributed by atoms with Gasteiger partial charge in [0.25, 0.3) is 0 Å². The molecule has 0 saturated heterocycles. The van der Waals surface area contributed by atoms with E-state index in [2.05, 4.69) is 15.5 Å². The van der Waals surface area contributed by atoms with Crippen LogP contribution in [-0.4, -0.2) is 37.6 Å². The molecular formula is C18H20N4O3. The molecule has 1 saturated carbocycles. The third kappa shape index (κ3) is 3.70. The Balaban J connectivity index is 1.89. The molecule has 0 aliphatic heterocycles. The number of ketones is 3. The van der Waals surface area contributed by atoms with E-state index in [0.717, 1.165) is 5.56 Å². The summed E-state index contributed by atoms with van der Waals surface area (Å²) >= 11 is 0. The highest BCUT2D eigenvalue weighted by molar-refractivity contribution is 6.21. The lowest BCUT2D eigenvalue weighted by atomic mass is 9.69. The predicted molar refractivity (Wildman–Crippen MR) is 88.5 cm³/mol. The molecule has 1 fully saturated rings. The molecule has 0 radical (unpaired) electrons. The average molecular weight is 340 g/mol. The number of carbonyl (C=O) groups excluding carboxylic acids is 3. The van der Waals surface area contributed by atoms with Crippen LogP contribution in [0.5, 0.6) is 0 Å². The summed E-state index contributed by atoms with van der Waals surface area (Å²) in [5, 5.41) is 11.0. The van der Waals surface area contributed by atoms with Gasteiger partial charge in [-0.15, -0.1) is 5.10 Å². The fourth-order valence-corrected chi connectivity index (χ4v) is 3.37. The summed E-state index contributed by atoms with van der Waals surface area (Å²) < 4.78 is 1.33. The van der Waals surface area contributed by atoms with Gasteiger partial charge in [-0.3, -0.25) is 14.4 Å². The van der Waals surface area contributed by atoms with Crippen molar-refractivity contribution in [1.82, 2.24) is 20.2 Å². The zero-order valence-corrected chi connectivity index (χ0v) is 14.3. The Labute approximate surface area is 145 Å². The first kappa shape index (κ1) is 17.1. The molecule has 1 aromatic heterocycles. The van der Waals surface area contributed by atoms with Crippen molar-refractivity contribution < 1.29 is 14.4 Å². The molecule has 0 N–H and O–H groups in total. The number of nitrogens with zero attached hydrogens (tertiary/aromatic N) is 4. The van der Waals surface area contributed by atoms with Gasteiger partial charge in [-0.1, -0.05) is 44.2 Å². The van der Waals surface area contributed by atoms with Crippen molar-refractivity contribution in [1.29, 1.82) is 0 Å². The van der Waals surface area contributed by atoms with Crippen molar-refractivity contribution >= 4 is 17.3 Å². The van der Waals surface area contributed by atoms with Crippen LogP contribution in [0.25, 0.3) is 0 Å². The molecule has 2 aromatic rings. The first-order valence-electron chi connectivity index (χ1n) is 8.23. The van der Waals surface area contributed by atoms with E-state index in [1.54, 1.807) is 0 Å². The van der Waals surface area contributed by atoms with Gasteiger partial charge in [0.15, 0.2) is 17.3 Å². The molecule has 1 aliphatic rings. The van der Waals surface area contributed by atoms with Gasteiger partial charge in [0, 0.05) is 19.3 Å². The second kappa shape index (κ2) is 6.66. The molecule has 1 aliphatic carbocycles. The van der Waals surface area contributed by atoms with E-state index in [-0.39, 0.29) is 24.4 Å². The maximum atomic E-state index is 13.1. The van der Waals surface area contributed by atoms with Crippen LogP contribution >= 0.6 is 0 Å². The molecule has 1 atom stereocenters. The van der Waals surface area contributed by atoms with E-state index in [9.17, 15) is 14.4 Å². The van der Waals surface area contributed by atoms with Crippen molar-refractivity contribution in [2.75, 3.05) is 0 Å². The second-order valence-corrected chi connectivity index (χ2v) is 7.28. The Bertz CT molecular complexity index is 764. The lowest BCUT2D eigenvalue weighted by Gasteiger charge is -2.32. The van der Waals surface area contributed by atoms with Crippen molar-refractivity contribution in [2.45, 2.75) is 39.2 Å². The summed E-state index contributed by atoms with van der Waals surface area (Å²) in [5.74, 6) is -2.26. The highest BCUT2D eigenvalue weighted by Crippen LogP contribution is 2.35. The molecular weight excluding hydrogens is 320 g/mol. The van der Waals surface area contributed by atoms with Crippen molar-refractivity contribution in [2.24, 2.45) is 11.3 Å². The maximum Gasteiger partial charge on any atom is 0.175 e. The van der Waals surface area contributed by atoms with Crippen molar-refractivity contribution in [3.05, 3.63) is 42.2 Å². The summed E-state index contributed by atoms with van der Waals surface area (Å²) in [5.41, 5.74) is 0.515. The fraction of sp³-hybridized carbons (Fsp3) is 0.444. The number of aromatic nitrogens is 4. The Morgan fingerprint density at radius 3 is 2.40 bits per heavy atom.